The maximum atomic E-state index is 12.3. The number of nitrogens with zero attached hydrogens (tertiary/aromatic N) is 2. The lowest BCUT2D eigenvalue weighted by Crippen LogP contribution is -2.33. The average molecular weight is 457 g/mol. The molecule has 1 heterocycles. The van der Waals surface area contributed by atoms with Gasteiger partial charge < -0.3 is 15.0 Å². The molecule has 0 radical (unpaired) electrons. The number of thiophene rings is 1. The predicted octanol–water partition coefficient (Wildman–Crippen LogP) is 0.860. The number of rotatable bonds is 10. The van der Waals surface area contributed by atoms with Crippen LogP contribution >= 0.6 is 11.3 Å². The van der Waals surface area contributed by atoms with Gasteiger partial charge in [0.1, 0.15) is 12.2 Å². The molecule has 2 rings (SSSR count). The molecule has 0 aliphatic rings. The summed E-state index contributed by atoms with van der Waals surface area (Å²) >= 11 is 1.46. The molecule has 0 fully saturated rings. The highest BCUT2D eigenvalue weighted by Crippen LogP contribution is 2.29. The molecule has 0 spiro atoms. The zero-order valence-corrected chi connectivity index (χ0v) is 17.8. The highest BCUT2D eigenvalue weighted by atomic mass is 32.2. The topological polar surface area (TPSA) is 148 Å². The van der Waals surface area contributed by atoms with Gasteiger partial charge >= 0.3 is 5.97 Å². The van der Waals surface area contributed by atoms with Gasteiger partial charge in [-0.05, 0) is 23.6 Å². The molecule has 0 aliphatic heterocycles. The summed E-state index contributed by atoms with van der Waals surface area (Å²) in [5.74, 6) is -1.50. The van der Waals surface area contributed by atoms with Crippen molar-refractivity contribution in [3.8, 4) is 0 Å². The number of anilines is 1. The van der Waals surface area contributed by atoms with Crippen molar-refractivity contribution in [1.29, 1.82) is 0 Å². The van der Waals surface area contributed by atoms with Gasteiger partial charge in [-0.25, -0.2) is 8.42 Å². The Kier molecular flexibility index (Phi) is 7.86. The van der Waals surface area contributed by atoms with Crippen LogP contribution in [0.4, 0.5) is 11.4 Å². The maximum absolute atomic E-state index is 12.3. The molecular formula is C17H20N4O7S2. The molecule has 0 unspecified atom stereocenters. The Bertz CT molecular complexity index is 1020. The molecule has 1 aromatic heterocycles. The summed E-state index contributed by atoms with van der Waals surface area (Å²) in [5.41, 5.74) is -0.167. The molecule has 2 N–H and O–H groups in total. The van der Waals surface area contributed by atoms with Crippen LogP contribution in [0.3, 0.4) is 0 Å². The lowest BCUT2D eigenvalue weighted by Gasteiger charge is -2.13. The molecule has 0 saturated carbocycles. The minimum absolute atomic E-state index is 0.229. The molecule has 1 amide bonds. The van der Waals surface area contributed by atoms with Crippen LogP contribution in [-0.2, 0) is 30.9 Å². The van der Waals surface area contributed by atoms with Crippen LogP contribution in [-0.4, -0.2) is 52.5 Å². The molecule has 162 valence electrons. The molecule has 2 aromatic rings. The lowest BCUT2D eigenvalue weighted by molar-refractivity contribution is -0.384. The second-order valence-corrected chi connectivity index (χ2v) is 8.94. The van der Waals surface area contributed by atoms with Crippen molar-refractivity contribution in [1.82, 2.24) is 10.0 Å². The van der Waals surface area contributed by atoms with Crippen LogP contribution in [0.15, 0.2) is 40.6 Å². The summed E-state index contributed by atoms with van der Waals surface area (Å²) in [5, 5.41) is 15.6. The molecule has 0 atom stereocenters. The quantitative estimate of drug-likeness (QED) is 0.304. The van der Waals surface area contributed by atoms with Gasteiger partial charge in [-0.3, -0.25) is 19.7 Å². The molecule has 0 aliphatic carbocycles. The highest BCUT2D eigenvalue weighted by Gasteiger charge is 2.23. The molecular weight excluding hydrogens is 436 g/mol. The van der Waals surface area contributed by atoms with E-state index in [1.54, 1.807) is 14.1 Å². The first-order valence-corrected chi connectivity index (χ1v) is 10.9. The van der Waals surface area contributed by atoms with Crippen molar-refractivity contribution in [3.63, 3.8) is 0 Å². The number of hydrogen-bond acceptors (Lipinski definition) is 9. The van der Waals surface area contributed by atoms with Gasteiger partial charge in [-0.15, -0.1) is 11.3 Å². The number of nitrogens with one attached hydrogen (secondary N) is 2. The van der Waals surface area contributed by atoms with Crippen molar-refractivity contribution in [2.75, 3.05) is 32.1 Å². The number of sulfonamides is 1. The van der Waals surface area contributed by atoms with Gasteiger partial charge in [0.15, 0.2) is 6.61 Å². The maximum Gasteiger partial charge on any atom is 0.321 e. The first-order valence-electron chi connectivity index (χ1n) is 8.50. The zero-order chi connectivity index (χ0) is 22.3. The largest absolute Gasteiger partial charge is 0.455 e. The molecule has 30 heavy (non-hydrogen) atoms. The van der Waals surface area contributed by atoms with Gasteiger partial charge in [0.2, 0.25) is 10.0 Å². The highest BCUT2D eigenvalue weighted by molar-refractivity contribution is 7.89. The first kappa shape index (κ1) is 23.3. The van der Waals surface area contributed by atoms with E-state index in [0.717, 1.165) is 10.9 Å². The second-order valence-electron chi connectivity index (χ2n) is 6.14. The molecule has 13 heteroatoms. The standard InChI is InChI=1S/C17H20N4O7S2/c1-20(2)14-6-5-13(8-15(14)21(24)25)30(26,27)19-10-17(23)28-11-16(22)18-9-12-4-3-7-29-12/h3-8,19H,9-11H2,1-2H3,(H,18,22). The Morgan fingerprint density at radius 1 is 1.27 bits per heavy atom. The Balaban J connectivity index is 1.89. The number of esters is 1. The van der Waals surface area contributed by atoms with E-state index in [0.29, 0.717) is 6.54 Å². The number of amides is 1. The number of ether oxygens (including phenoxy) is 1. The third-order valence-electron chi connectivity index (χ3n) is 3.75. The van der Waals surface area contributed by atoms with Gasteiger partial charge in [0.05, 0.1) is 16.4 Å². The number of nitro benzene ring substituents is 1. The number of nitro groups is 1. The molecule has 11 nitrogen and oxygen atoms in total. The van der Waals surface area contributed by atoms with Crippen LogP contribution in [0, 0.1) is 10.1 Å². The van der Waals surface area contributed by atoms with E-state index in [1.807, 2.05) is 22.2 Å². The molecule has 1 aromatic carbocycles. The van der Waals surface area contributed by atoms with E-state index in [-0.39, 0.29) is 10.6 Å². The smallest absolute Gasteiger partial charge is 0.321 e. The second kappa shape index (κ2) is 10.1. The Morgan fingerprint density at radius 3 is 2.60 bits per heavy atom. The van der Waals surface area contributed by atoms with Crippen molar-refractivity contribution >= 4 is 44.6 Å². The van der Waals surface area contributed by atoms with Crippen LogP contribution < -0.4 is 14.9 Å². The Labute approximate surface area is 176 Å². The van der Waals surface area contributed by atoms with E-state index < -0.39 is 45.7 Å². The van der Waals surface area contributed by atoms with Crippen molar-refractivity contribution in [3.05, 3.63) is 50.7 Å². The zero-order valence-electron chi connectivity index (χ0n) is 16.2. The van der Waals surface area contributed by atoms with Gasteiger partial charge in [-0.2, -0.15) is 4.72 Å². The van der Waals surface area contributed by atoms with Crippen LogP contribution in [0.25, 0.3) is 0 Å². The lowest BCUT2D eigenvalue weighted by atomic mass is 10.2. The minimum Gasteiger partial charge on any atom is -0.455 e. The third kappa shape index (κ3) is 6.50. The predicted molar refractivity (Wildman–Crippen MR) is 110 cm³/mol. The minimum atomic E-state index is -4.21. The monoisotopic (exact) mass is 456 g/mol. The average Bonchev–Trinajstić information content (AvgIpc) is 3.22. The van der Waals surface area contributed by atoms with E-state index >= 15 is 0 Å². The van der Waals surface area contributed by atoms with Crippen molar-refractivity contribution < 1.29 is 27.7 Å². The van der Waals surface area contributed by atoms with E-state index in [9.17, 15) is 28.1 Å². The van der Waals surface area contributed by atoms with Crippen LogP contribution in [0.2, 0.25) is 0 Å². The number of carbonyl (C=O) groups excluding carboxylic acids is 2. The summed E-state index contributed by atoms with van der Waals surface area (Å²) in [4.78, 5) is 35.9. The van der Waals surface area contributed by atoms with Crippen LogP contribution in [0.1, 0.15) is 4.88 Å². The van der Waals surface area contributed by atoms with E-state index in [2.05, 4.69) is 5.32 Å². The molecule has 0 bridgehead atoms. The van der Waals surface area contributed by atoms with E-state index in [1.165, 1.54) is 28.4 Å². The fraction of sp³-hybridized carbons (Fsp3) is 0.294. The summed E-state index contributed by atoms with van der Waals surface area (Å²) < 4.78 is 31.4. The Morgan fingerprint density at radius 2 is 2.00 bits per heavy atom. The normalized spacial score (nSPS) is 11.0. The van der Waals surface area contributed by atoms with Crippen molar-refractivity contribution in [2.45, 2.75) is 11.4 Å². The summed E-state index contributed by atoms with van der Waals surface area (Å²) in [6, 6.07) is 7.06. The van der Waals surface area contributed by atoms with Gasteiger partial charge in [-0.1, -0.05) is 6.07 Å². The fourth-order valence-electron chi connectivity index (χ4n) is 2.28. The fourth-order valence-corrected chi connectivity index (χ4v) is 3.91. The van der Waals surface area contributed by atoms with Gasteiger partial charge in [0, 0.05) is 25.0 Å². The molecule has 0 saturated heterocycles. The van der Waals surface area contributed by atoms with Crippen LogP contribution in [0.5, 0.6) is 0 Å². The number of carbonyl (C=O) groups is 2. The number of hydrogen-bond donors (Lipinski definition) is 2. The first-order chi connectivity index (χ1) is 14.1. The summed E-state index contributed by atoms with van der Waals surface area (Å²) in [6.07, 6.45) is 0. The third-order valence-corrected chi connectivity index (χ3v) is 6.02. The SMILES string of the molecule is CN(C)c1ccc(S(=O)(=O)NCC(=O)OCC(=O)NCc2cccs2)cc1[N+](=O)[O-]. The van der Waals surface area contributed by atoms with Gasteiger partial charge in [0.25, 0.3) is 11.6 Å². The van der Waals surface area contributed by atoms with E-state index in [4.69, 9.17) is 4.74 Å². The van der Waals surface area contributed by atoms with Crippen molar-refractivity contribution in [2.24, 2.45) is 0 Å². The summed E-state index contributed by atoms with van der Waals surface area (Å²) in [7, 11) is -1.04. The Hall–Kier alpha value is -3.03. The summed E-state index contributed by atoms with van der Waals surface area (Å²) in [6.45, 7) is -0.999. The number of benzene rings is 1.